The summed E-state index contributed by atoms with van der Waals surface area (Å²) in [6, 6.07) is 21.2. The van der Waals surface area contributed by atoms with E-state index in [1.807, 2.05) is 37.3 Å². The Bertz CT molecular complexity index is 1730. The second-order valence-corrected chi connectivity index (χ2v) is 14.8. The third kappa shape index (κ3) is 15.0. The molecular formula is C42H56N4O5S. The lowest BCUT2D eigenvalue weighted by molar-refractivity contribution is 0.258. The normalized spacial score (nSPS) is 11.4. The molecule has 0 atom stereocenters. The van der Waals surface area contributed by atoms with Gasteiger partial charge in [0.05, 0.1) is 41.6 Å². The first-order valence-corrected chi connectivity index (χ1v) is 20.4. The van der Waals surface area contributed by atoms with E-state index >= 15 is 0 Å². The van der Waals surface area contributed by atoms with Crippen LogP contribution in [0, 0.1) is 29.6 Å². The summed E-state index contributed by atoms with van der Waals surface area (Å²) in [5.74, 6) is 1.82. The fourth-order valence-corrected chi connectivity index (χ4v) is 6.42. The smallest absolute Gasteiger partial charge is 0.276 e. The van der Waals surface area contributed by atoms with Gasteiger partial charge in [-0.05, 0) is 87.6 Å². The molecule has 0 saturated carbocycles. The number of hydrogen-bond acceptors (Lipinski definition) is 8. The van der Waals surface area contributed by atoms with Crippen molar-refractivity contribution in [3.8, 4) is 29.4 Å². The van der Waals surface area contributed by atoms with Crippen molar-refractivity contribution in [3.63, 3.8) is 0 Å². The van der Waals surface area contributed by atoms with Gasteiger partial charge in [0.2, 0.25) is 0 Å². The fourth-order valence-electron chi connectivity index (χ4n) is 5.59. The van der Waals surface area contributed by atoms with Gasteiger partial charge in [0.1, 0.15) is 17.9 Å². The van der Waals surface area contributed by atoms with E-state index in [0.717, 1.165) is 36.8 Å². The molecule has 0 spiro atoms. The molecule has 0 aliphatic carbocycles. The van der Waals surface area contributed by atoms with Crippen molar-refractivity contribution in [1.82, 2.24) is 4.83 Å². The molecule has 3 rings (SSSR count). The third-order valence-electron chi connectivity index (χ3n) is 8.73. The number of benzene rings is 3. The van der Waals surface area contributed by atoms with Crippen LogP contribution in [-0.2, 0) is 10.0 Å². The Kier molecular flexibility index (Phi) is 19.2. The molecular weight excluding hydrogens is 673 g/mol. The van der Waals surface area contributed by atoms with Crippen molar-refractivity contribution >= 4 is 15.7 Å². The van der Waals surface area contributed by atoms with E-state index in [2.05, 4.69) is 23.8 Å². The lowest BCUT2D eigenvalue weighted by Crippen LogP contribution is -2.21. The maximum atomic E-state index is 13.2. The number of sulfonamides is 1. The molecule has 10 heteroatoms. The van der Waals surface area contributed by atoms with Gasteiger partial charge in [0.15, 0.2) is 11.5 Å². The van der Waals surface area contributed by atoms with Crippen molar-refractivity contribution < 1.29 is 22.6 Å². The number of unbranched alkanes of at least 4 members (excludes halogenated alkanes) is 11. The van der Waals surface area contributed by atoms with E-state index in [4.69, 9.17) is 14.2 Å². The number of nitriles is 2. The van der Waals surface area contributed by atoms with Gasteiger partial charge in [-0.1, -0.05) is 95.8 Å². The molecule has 0 aromatic heterocycles. The first-order valence-electron chi connectivity index (χ1n) is 18.9. The minimum absolute atomic E-state index is 0.134. The van der Waals surface area contributed by atoms with Crippen LogP contribution in [0.1, 0.15) is 132 Å². The number of ether oxygens (including phenoxy) is 3. The van der Waals surface area contributed by atoms with Crippen molar-refractivity contribution in [2.75, 3.05) is 19.8 Å². The number of hydrazone groups is 1. The van der Waals surface area contributed by atoms with Gasteiger partial charge < -0.3 is 14.2 Å². The SMILES string of the molecule is CCCCCCCCOc1ccc(/C(CCCCOc2ccc(C#N)c(C#N)c2)=N\NS(=O)(=O)c2ccc(C)cc2)cc1OCCCCCCCC. The summed E-state index contributed by atoms with van der Waals surface area (Å²) >= 11 is 0. The largest absolute Gasteiger partial charge is 0.494 e. The van der Waals surface area contributed by atoms with E-state index in [1.54, 1.807) is 42.5 Å². The summed E-state index contributed by atoms with van der Waals surface area (Å²) in [6.07, 6.45) is 15.7. The summed E-state index contributed by atoms with van der Waals surface area (Å²) in [6.45, 7) is 7.87. The van der Waals surface area contributed by atoms with Crippen LogP contribution in [-0.4, -0.2) is 34.0 Å². The molecule has 3 aromatic carbocycles. The second-order valence-electron chi connectivity index (χ2n) is 13.1. The van der Waals surface area contributed by atoms with Crippen LogP contribution in [0.2, 0.25) is 0 Å². The highest BCUT2D eigenvalue weighted by molar-refractivity contribution is 7.89. The highest BCUT2D eigenvalue weighted by Gasteiger charge is 2.16. The van der Waals surface area contributed by atoms with Gasteiger partial charge in [-0.2, -0.15) is 28.9 Å². The fraction of sp³-hybridized carbons (Fsp3) is 0.500. The summed E-state index contributed by atoms with van der Waals surface area (Å²) < 4.78 is 44.8. The van der Waals surface area contributed by atoms with E-state index < -0.39 is 10.0 Å². The van der Waals surface area contributed by atoms with Gasteiger partial charge in [-0.3, -0.25) is 0 Å². The number of nitrogens with zero attached hydrogens (tertiary/aromatic N) is 3. The molecule has 0 amide bonds. The van der Waals surface area contributed by atoms with Crippen LogP contribution < -0.4 is 19.0 Å². The molecule has 0 heterocycles. The van der Waals surface area contributed by atoms with Crippen molar-refractivity contribution in [3.05, 3.63) is 82.9 Å². The average Bonchev–Trinajstić information content (AvgIpc) is 3.15. The maximum absolute atomic E-state index is 13.2. The number of hydrogen-bond donors (Lipinski definition) is 1. The third-order valence-corrected chi connectivity index (χ3v) is 9.95. The monoisotopic (exact) mass is 728 g/mol. The van der Waals surface area contributed by atoms with E-state index in [-0.39, 0.29) is 10.5 Å². The number of nitrogens with one attached hydrogen (secondary N) is 1. The second kappa shape index (κ2) is 23.8. The minimum atomic E-state index is -3.90. The summed E-state index contributed by atoms with van der Waals surface area (Å²) in [5, 5.41) is 23.0. The first-order chi connectivity index (χ1) is 25.3. The van der Waals surface area contributed by atoms with Crippen LogP contribution in [0.3, 0.4) is 0 Å². The zero-order valence-corrected chi connectivity index (χ0v) is 32.1. The molecule has 9 nitrogen and oxygen atoms in total. The molecule has 0 aliphatic heterocycles. The lowest BCUT2D eigenvalue weighted by atomic mass is 10.0. The van der Waals surface area contributed by atoms with Crippen molar-refractivity contribution in [1.29, 1.82) is 10.5 Å². The van der Waals surface area contributed by atoms with Crippen LogP contribution in [0.25, 0.3) is 0 Å². The Labute approximate surface area is 312 Å². The van der Waals surface area contributed by atoms with Crippen LogP contribution >= 0.6 is 0 Å². The Morgan fingerprint density at radius 2 is 1.23 bits per heavy atom. The van der Waals surface area contributed by atoms with Gasteiger partial charge in [-0.15, -0.1) is 0 Å². The van der Waals surface area contributed by atoms with Gasteiger partial charge in [0.25, 0.3) is 10.0 Å². The average molecular weight is 729 g/mol. The van der Waals surface area contributed by atoms with E-state index in [9.17, 15) is 18.9 Å². The predicted octanol–water partition coefficient (Wildman–Crippen LogP) is 10.1. The minimum Gasteiger partial charge on any atom is -0.494 e. The zero-order valence-electron chi connectivity index (χ0n) is 31.3. The van der Waals surface area contributed by atoms with Gasteiger partial charge in [0, 0.05) is 5.56 Å². The van der Waals surface area contributed by atoms with Crippen molar-refractivity contribution in [2.24, 2.45) is 5.10 Å². The molecule has 52 heavy (non-hydrogen) atoms. The Balaban J connectivity index is 1.77. The Morgan fingerprint density at radius 1 is 0.654 bits per heavy atom. The van der Waals surface area contributed by atoms with E-state index in [1.165, 1.54) is 51.4 Å². The van der Waals surface area contributed by atoms with Crippen LogP contribution in [0.4, 0.5) is 0 Å². The highest BCUT2D eigenvalue weighted by Crippen LogP contribution is 2.30. The Hall–Kier alpha value is -4.54. The number of rotatable bonds is 26. The molecule has 3 aromatic rings. The molecule has 0 radical (unpaired) electrons. The first kappa shape index (κ1) is 41.9. The van der Waals surface area contributed by atoms with Gasteiger partial charge in [-0.25, -0.2) is 0 Å². The molecule has 0 saturated heterocycles. The molecule has 0 unspecified atom stereocenters. The molecule has 0 bridgehead atoms. The van der Waals surface area contributed by atoms with Crippen LogP contribution in [0.5, 0.6) is 17.2 Å². The van der Waals surface area contributed by atoms with Crippen LogP contribution in [0.15, 0.2) is 70.7 Å². The summed E-state index contributed by atoms with van der Waals surface area (Å²) in [5.41, 5.74) is 2.83. The van der Waals surface area contributed by atoms with Gasteiger partial charge >= 0.3 is 0 Å². The molecule has 0 aliphatic rings. The zero-order chi connectivity index (χ0) is 37.4. The number of aryl methyl sites for hydroxylation is 1. The molecule has 280 valence electrons. The topological polar surface area (TPSA) is 134 Å². The lowest BCUT2D eigenvalue weighted by Gasteiger charge is -2.16. The highest BCUT2D eigenvalue weighted by atomic mass is 32.2. The molecule has 1 N–H and O–H groups in total. The van der Waals surface area contributed by atoms with Crippen molar-refractivity contribution in [2.45, 2.75) is 122 Å². The summed E-state index contributed by atoms with van der Waals surface area (Å²) in [7, 11) is -3.90. The van der Waals surface area contributed by atoms with E-state index in [0.29, 0.717) is 67.6 Å². The maximum Gasteiger partial charge on any atom is 0.276 e. The quantitative estimate of drug-likeness (QED) is 0.0494. The standard InChI is InChI=1S/C42H56N4O5S/c1-4-6-8-10-12-15-28-50-41-26-22-35(31-42(41)51-29-16-13-11-9-7-5-2)40(45-46-52(47,48)39-24-19-34(3)20-25-39)18-14-17-27-49-38-23-21-36(32-43)37(30-38)33-44/h19-26,30-31,46H,4-18,27-29H2,1-3H3/b45-40-. The molecule has 0 fully saturated rings. The Morgan fingerprint density at radius 3 is 1.87 bits per heavy atom. The summed E-state index contributed by atoms with van der Waals surface area (Å²) in [4.78, 5) is 2.59. The predicted molar refractivity (Wildman–Crippen MR) is 207 cm³/mol.